The summed E-state index contributed by atoms with van der Waals surface area (Å²) in [6.45, 7) is 4.68. The van der Waals surface area contributed by atoms with Crippen LogP contribution in [0.25, 0.3) is 10.8 Å². The Bertz CT molecular complexity index is 840. The summed E-state index contributed by atoms with van der Waals surface area (Å²) in [5.74, 6) is 1.60. The molecule has 0 aromatic heterocycles. The zero-order chi connectivity index (χ0) is 16.3. The molecule has 3 aliphatic carbocycles. The number of benzene rings is 2. The van der Waals surface area contributed by atoms with Crippen LogP contribution in [0.1, 0.15) is 68.6 Å². The molecule has 24 heavy (non-hydrogen) atoms. The van der Waals surface area contributed by atoms with Crippen LogP contribution in [0.15, 0.2) is 42.0 Å². The predicted octanol–water partition coefficient (Wildman–Crippen LogP) is 6.57. The summed E-state index contributed by atoms with van der Waals surface area (Å²) in [6, 6.07) is 12.0. The molecule has 2 aromatic carbocycles. The molecule has 1 fully saturated rings. The van der Waals surface area contributed by atoms with Crippen LogP contribution in [-0.2, 0) is 12.8 Å². The van der Waals surface area contributed by atoms with E-state index in [1.54, 1.807) is 22.3 Å². The van der Waals surface area contributed by atoms with E-state index < -0.39 is 0 Å². The van der Waals surface area contributed by atoms with E-state index in [-0.39, 0.29) is 0 Å². The van der Waals surface area contributed by atoms with Crippen molar-refractivity contribution in [1.29, 1.82) is 0 Å². The lowest BCUT2D eigenvalue weighted by molar-refractivity contribution is 0.169. The molecule has 1 spiro atoms. The molecular weight excluding hydrogens is 288 g/mol. The molecule has 0 N–H and O–H groups in total. The van der Waals surface area contributed by atoms with Gasteiger partial charge in [0.15, 0.2) is 0 Å². The predicted molar refractivity (Wildman–Crippen MR) is 103 cm³/mol. The Morgan fingerprint density at radius 1 is 1.17 bits per heavy atom. The third-order valence-electron chi connectivity index (χ3n) is 7.46. The normalized spacial score (nSPS) is 29.1. The summed E-state index contributed by atoms with van der Waals surface area (Å²) in [4.78, 5) is 0. The Morgan fingerprint density at radius 2 is 2.08 bits per heavy atom. The molecule has 3 atom stereocenters. The van der Waals surface area contributed by atoms with Gasteiger partial charge < -0.3 is 0 Å². The van der Waals surface area contributed by atoms with Gasteiger partial charge in [0.25, 0.3) is 0 Å². The lowest BCUT2D eigenvalue weighted by Gasteiger charge is -2.40. The molecule has 0 heteroatoms. The van der Waals surface area contributed by atoms with Crippen LogP contribution in [0.5, 0.6) is 0 Å². The van der Waals surface area contributed by atoms with Crippen molar-refractivity contribution in [3.63, 3.8) is 0 Å². The quantitative estimate of drug-likeness (QED) is 0.550. The van der Waals surface area contributed by atoms with Gasteiger partial charge in [0.2, 0.25) is 0 Å². The second-order valence-corrected chi connectivity index (χ2v) is 8.71. The lowest BCUT2D eigenvalue weighted by Crippen LogP contribution is -2.33. The van der Waals surface area contributed by atoms with Crippen LogP contribution in [0.4, 0.5) is 0 Å². The monoisotopic (exact) mass is 316 g/mol. The van der Waals surface area contributed by atoms with Crippen LogP contribution >= 0.6 is 0 Å². The summed E-state index contributed by atoms with van der Waals surface area (Å²) >= 11 is 0. The molecule has 2 aromatic rings. The van der Waals surface area contributed by atoms with Crippen LogP contribution < -0.4 is 0 Å². The Hall–Kier alpha value is -1.56. The van der Waals surface area contributed by atoms with Gasteiger partial charge in [-0.05, 0) is 89.7 Å². The molecule has 0 heterocycles. The van der Waals surface area contributed by atoms with Crippen molar-refractivity contribution >= 4 is 10.8 Å². The third kappa shape index (κ3) is 2.05. The highest BCUT2D eigenvalue weighted by Gasteiger charge is 2.48. The maximum absolute atomic E-state index is 2.58. The number of fused-ring (bicyclic) bond motifs is 5. The highest BCUT2D eigenvalue weighted by atomic mass is 14.5. The van der Waals surface area contributed by atoms with E-state index in [9.17, 15) is 0 Å². The first kappa shape index (κ1) is 14.8. The van der Waals surface area contributed by atoms with Crippen molar-refractivity contribution in [3.8, 4) is 0 Å². The van der Waals surface area contributed by atoms with E-state index in [0.29, 0.717) is 11.3 Å². The van der Waals surface area contributed by atoms with Gasteiger partial charge in [0.1, 0.15) is 0 Å². The molecule has 3 unspecified atom stereocenters. The van der Waals surface area contributed by atoms with Crippen molar-refractivity contribution < 1.29 is 0 Å². The number of aryl methyl sites for hydroxylation is 1. The van der Waals surface area contributed by atoms with E-state index in [2.05, 4.69) is 50.3 Å². The summed E-state index contributed by atoms with van der Waals surface area (Å²) in [5, 5.41) is 2.98. The molecule has 0 radical (unpaired) electrons. The zero-order valence-electron chi connectivity index (χ0n) is 15.1. The van der Waals surface area contributed by atoms with Crippen LogP contribution in [0, 0.1) is 11.3 Å². The molecule has 0 saturated heterocycles. The van der Waals surface area contributed by atoms with Gasteiger partial charge in [-0.3, -0.25) is 0 Å². The molecule has 0 nitrogen and oxygen atoms in total. The lowest BCUT2D eigenvalue weighted by atomic mass is 9.64. The summed E-state index contributed by atoms with van der Waals surface area (Å²) in [6.07, 6.45) is 11.9. The van der Waals surface area contributed by atoms with Gasteiger partial charge in [-0.15, -0.1) is 0 Å². The Balaban J connectivity index is 1.60. The zero-order valence-corrected chi connectivity index (χ0v) is 15.1. The highest BCUT2D eigenvalue weighted by molar-refractivity contribution is 5.88. The average Bonchev–Trinajstić information content (AvgIpc) is 3.20. The van der Waals surface area contributed by atoms with Crippen LogP contribution in [0.2, 0.25) is 0 Å². The Kier molecular flexibility index (Phi) is 3.21. The van der Waals surface area contributed by atoms with Crippen molar-refractivity contribution in [2.24, 2.45) is 11.3 Å². The van der Waals surface area contributed by atoms with Gasteiger partial charge in [0, 0.05) is 0 Å². The molecule has 5 rings (SSSR count). The second kappa shape index (κ2) is 5.22. The van der Waals surface area contributed by atoms with E-state index >= 15 is 0 Å². The van der Waals surface area contributed by atoms with Crippen LogP contribution in [0.3, 0.4) is 0 Å². The van der Waals surface area contributed by atoms with Crippen molar-refractivity contribution in [3.05, 3.63) is 58.7 Å². The van der Waals surface area contributed by atoms with E-state index in [4.69, 9.17) is 0 Å². The minimum absolute atomic E-state index is 0.607. The topological polar surface area (TPSA) is 0 Å². The van der Waals surface area contributed by atoms with Gasteiger partial charge >= 0.3 is 0 Å². The highest BCUT2D eigenvalue weighted by Crippen LogP contribution is 2.58. The second-order valence-electron chi connectivity index (χ2n) is 8.71. The standard InChI is InChI=1S/C24H28/c1-3-16(2)22-6-4-5-19-12-18-9-10-24(15-20(18)13-23(19)22)14-17-7-8-21(24)11-17/h4-7,12-13,16,21H,3,8-11,14-15H2,1-2H3. The van der Waals surface area contributed by atoms with E-state index in [1.807, 2.05) is 0 Å². The molecule has 0 aliphatic heterocycles. The molecule has 3 aliphatic rings. The maximum Gasteiger partial charge on any atom is -0.0146 e. The summed E-state index contributed by atoms with van der Waals surface area (Å²) < 4.78 is 0. The van der Waals surface area contributed by atoms with Crippen molar-refractivity contribution in [2.75, 3.05) is 0 Å². The third-order valence-corrected chi connectivity index (χ3v) is 7.46. The first-order chi connectivity index (χ1) is 11.7. The maximum atomic E-state index is 2.58. The molecule has 0 amide bonds. The van der Waals surface area contributed by atoms with Gasteiger partial charge in [-0.1, -0.05) is 55.8 Å². The Morgan fingerprint density at radius 3 is 2.83 bits per heavy atom. The van der Waals surface area contributed by atoms with E-state index in [1.165, 1.54) is 55.7 Å². The van der Waals surface area contributed by atoms with Gasteiger partial charge in [0.05, 0.1) is 0 Å². The number of hydrogen-bond donors (Lipinski definition) is 0. The fourth-order valence-electron chi connectivity index (χ4n) is 5.84. The van der Waals surface area contributed by atoms with Gasteiger partial charge in [-0.25, -0.2) is 0 Å². The number of hydrogen-bond acceptors (Lipinski definition) is 0. The molecule has 1 saturated carbocycles. The first-order valence-corrected chi connectivity index (χ1v) is 9.91. The van der Waals surface area contributed by atoms with Crippen molar-refractivity contribution in [1.82, 2.24) is 0 Å². The SMILES string of the molecule is CCC(C)c1cccc2cc3c(cc12)CC1(CC3)CC2=CCC1C2. The summed E-state index contributed by atoms with van der Waals surface area (Å²) in [7, 11) is 0. The molecular formula is C24H28. The van der Waals surface area contributed by atoms with Crippen LogP contribution in [-0.4, -0.2) is 0 Å². The Labute approximate surface area is 146 Å². The molecule has 2 bridgehead atoms. The van der Waals surface area contributed by atoms with Gasteiger partial charge in [-0.2, -0.15) is 0 Å². The first-order valence-electron chi connectivity index (χ1n) is 9.91. The van der Waals surface area contributed by atoms with Crippen molar-refractivity contribution in [2.45, 2.75) is 64.7 Å². The summed E-state index contributed by atoms with van der Waals surface area (Å²) in [5.41, 5.74) is 7.22. The van der Waals surface area contributed by atoms with E-state index in [0.717, 1.165) is 5.92 Å². The average molecular weight is 316 g/mol. The minimum atomic E-state index is 0.607. The number of allylic oxidation sites excluding steroid dienone is 2. The largest absolute Gasteiger partial charge is 0.0850 e. The smallest absolute Gasteiger partial charge is 0.0146 e. The molecule has 124 valence electrons. The fraction of sp³-hybridized carbons (Fsp3) is 0.500. The minimum Gasteiger partial charge on any atom is -0.0850 e. The number of rotatable bonds is 2. The fourth-order valence-corrected chi connectivity index (χ4v) is 5.84.